The summed E-state index contributed by atoms with van der Waals surface area (Å²) < 4.78 is 45.2. The fraction of sp³-hybridized carbons (Fsp3) is 0.208. The smallest absolute Gasteiger partial charge is 0.337 e. The van der Waals surface area contributed by atoms with Crippen molar-refractivity contribution in [2.45, 2.75) is 23.8 Å². The highest BCUT2D eigenvalue weighted by Gasteiger charge is 2.31. The van der Waals surface area contributed by atoms with Gasteiger partial charge in [0.25, 0.3) is 11.1 Å². The lowest BCUT2D eigenvalue weighted by Gasteiger charge is -2.19. The van der Waals surface area contributed by atoms with Gasteiger partial charge in [0, 0.05) is 19.2 Å². The number of hydrogen-bond acceptors (Lipinski definition) is 6. The van der Waals surface area contributed by atoms with Crippen molar-refractivity contribution < 1.29 is 12.8 Å². The maximum absolute atomic E-state index is 14.7. The van der Waals surface area contributed by atoms with E-state index in [1.807, 2.05) is 0 Å². The number of rotatable bonds is 6. The van der Waals surface area contributed by atoms with Gasteiger partial charge in [0.2, 0.25) is 10.0 Å². The van der Waals surface area contributed by atoms with Gasteiger partial charge in [-0.1, -0.05) is 17.6 Å². The van der Waals surface area contributed by atoms with Crippen LogP contribution < -0.4 is 32.3 Å². The van der Waals surface area contributed by atoms with Gasteiger partial charge in [-0.05, 0) is 50.2 Å². The normalized spacial score (nSPS) is 13.7. The second-order valence-electron chi connectivity index (χ2n) is 8.99. The highest BCUT2D eigenvalue weighted by Crippen LogP contribution is 2.33. The lowest BCUT2D eigenvalue weighted by atomic mass is 9.96. The van der Waals surface area contributed by atoms with E-state index in [0.717, 1.165) is 13.7 Å². The first-order valence-electron chi connectivity index (χ1n) is 11.5. The number of nitrogens with zero attached hydrogens (tertiary/aromatic N) is 3. The Morgan fingerprint density at radius 1 is 1.03 bits per heavy atom. The Morgan fingerprint density at radius 2 is 1.76 bits per heavy atom. The maximum atomic E-state index is 14.7. The molecule has 2 aromatic heterocycles. The maximum Gasteiger partial charge on any atom is 0.337 e. The number of fused-ring (bicyclic) bond motifs is 1. The summed E-state index contributed by atoms with van der Waals surface area (Å²) in [5, 5.41) is 2.85. The summed E-state index contributed by atoms with van der Waals surface area (Å²) in [5.41, 5.74) is -0.999. The van der Waals surface area contributed by atoms with Crippen LogP contribution in [0.4, 0.5) is 15.8 Å². The molecule has 0 atom stereocenters. The van der Waals surface area contributed by atoms with E-state index in [-0.39, 0.29) is 39.0 Å². The summed E-state index contributed by atoms with van der Waals surface area (Å²) in [4.78, 5) is 40.3. The van der Waals surface area contributed by atoms with E-state index in [1.165, 1.54) is 56.6 Å². The molecule has 190 valence electrons. The van der Waals surface area contributed by atoms with Gasteiger partial charge in [-0.25, -0.2) is 26.9 Å². The summed E-state index contributed by atoms with van der Waals surface area (Å²) in [5.74, 6) is -0.574. The molecule has 0 amide bonds. The molecule has 10 nitrogen and oxygen atoms in total. The number of halogens is 1. The highest BCUT2D eigenvalue weighted by molar-refractivity contribution is 7.89. The van der Waals surface area contributed by atoms with Crippen LogP contribution in [0.2, 0.25) is 0 Å². The summed E-state index contributed by atoms with van der Waals surface area (Å²) in [6, 6.07) is 11.0. The fourth-order valence-corrected chi connectivity index (χ4v) is 5.09. The molecule has 37 heavy (non-hydrogen) atoms. The van der Waals surface area contributed by atoms with Crippen LogP contribution in [0.25, 0.3) is 16.7 Å². The van der Waals surface area contributed by atoms with Crippen LogP contribution in [0.1, 0.15) is 18.9 Å². The van der Waals surface area contributed by atoms with Crippen LogP contribution in [0, 0.1) is 5.82 Å². The molecular weight excluding hydrogens is 500 g/mol. The molecule has 2 aromatic carbocycles. The molecule has 2 N–H and O–H groups in total. The van der Waals surface area contributed by atoms with Crippen molar-refractivity contribution in [1.82, 2.24) is 18.4 Å². The number of hydrogen-bond donors (Lipinski definition) is 2. The van der Waals surface area contributed by atoms with Gasteiger partial charge >= 0.3 is 5.69 Å². The number of nitrogens with one attached hydrogen (secondary N) is 2. The van der Waals surface area contributed by atoms with Crippen molar-refractivity contribution in [3.8, 4) is 5.69 Å². The third-order valence-corrected chi connectivity index (χ3v) is 7.82. The molecule has 0 unspecified atom stereocenters. The molecule has 0 spiro atoms. The van der Waals surface area contributed by atoms with Crippen molar-refractivity contribution in [3.63, 3.8) is 0 Å². The average Bonchev–Trinajstić information content (AvgIpc) is 3.69. The molecular formula is C24H23BFN5O5S. The van der Waals surface area contributed by atoms with Gasteiger partial charge < -0.3 is 5.32 Å². The quantitative estimate of drug-likeness (QED) is 0.349. The molecule has 0 saturated heterocycles. The molecule has 5 rings (SSSR count). The Kier molecular flexibility index (Phi) is 5.91. The van der Waals surface area contributed by atoms with Crippen LogP contribution in [0.15, 0.2) is 67.8 Å². The molecule has 1 aliphatic carbocycles. The molecule has 1 aliphatic rings. The van der Waals surface area contributed by atoms with E-state index >= 15 is 0 Å². The SMILES string of the molecule is Bc1ccc(Nc2cc(=O)n(C)c3c2c(=O)n(C2CC2)c(=O)n3-c2cccc(S(=O)(=O)NC)c2)c(F)c1. The minimum Gasteiger partial charge on any atom is -0.352 e. The molecule has 4 aromatic rings. The lowest BCUT2D eigenvalue weighted by Crippen LogP contribution is -2.41. The van der Waals surface area contributed by atoms with E-state index < -0.39 is 32.6 Å². The topological polar surface area (TPSA) is 124 Å². The van der Waals surface area contributed by atoms with Crippen molar-refractivity contribution in [3.05, 3.63) is 85.5 Å². The van der Waals surface area contributed by atoms with Gasteiger partial charge in [0.05, 0.1) is 22.0 Å². The molecule has 0 aliphatic heterocycles. The zero-order valence-corrected chi connectivity index (χ0v) is 21.1. The first-order valence-corrected chi connectivity index (χ1v) is 13.0. The second kappa shape index (κ2) is 8.85. The van der Waals surface area contributed by atoms with E-state index in [9.17, 15) is 27.2 Å². The number of sulfonamides is 1. The fourth-order valence-electron chi connectivity index (χ4n) is 4.32. The number of benzene rings is 2. The molecule has 1 fully saturated rings. The van der Waals surface area contributed by atoms with Crippen molar-refractivity contribution in [2.75, 3.05) is 12.4 Å². The van der Waals surface area contributed by atoms with Gasteiger partial charge in [0.15, 0.2) is 0 Å². The standard InChI is InChI=1S/C24H23BFN5O5S/c1-27-37(35,36)16-5-3-4-15(11-16)30-22-21(23(33)31(24(30)34)14-7-8-14)19(12-20(32)29(22)2)28-18-9-6-13(25)10-17(18)26/h3-6,9-12,14,27-28H,7-8,25H2,1-2H3. The number of aromatic nitrogens is 3. The number of anilines is 2. The van der Waals surface area contributed by atoms with Crippen LogP contribution in [0.3, 0.4) is 0 Å². The zero-order valence-electron chi connectivity index (χ0n) is 20.3. The number of aryl methyl sites for hydroxylation is 1. The highest BCUT2D eigenvalue weighted by atomic mass is 32.2. The van der Waals surface area contributed by atoms with Crippen LogP contribution in [0.5, 0.6) is 0 Å². The third-order valence-electron chi connectivity index (χ3n) is 6.41. The van der Waals surface area contributed by atoms with Crippen LogP contribution in [-0.4, -0.2) is 37.0 Å². The molecule has 0 bridgehead atoms. The van der Waals surface area contributed by atoms with E-state index in [1.54, 1.807) is 13.9 Å². The first kappa shape index (κ1) is 24.7. The Bertz CT molecular complexity index is 1880. The predicted molar refractivity (Wildman–Crippen MR) is 141 cm³/mol. The molecule has 2 heterocycles. The second-order valence-corrected chi connectivity index (χ2v) is 10.9. The summed E-state index contributed by atoms with van der Waals surface area (Å²) in [6.07, 6.45) is 1.24. The Hall–Kier alpha value is -3.97. The van der Waals surface area contributed by atoms with Crippen LogP contribution >= 0.6 is 0 Å². The van der Waals surface area contributed by atoms with Gasteiger partial charge in [-0.15, -0.1) is 0 Å². The van der Waals surface area contributed by atoms with Gasteiger partial charge in [-0.2, -0.15) is 0 Å². The minimum atomic E-state index is -3.85. The van der Waals surface area contributed by atoms with Gasteiger partial charge in [0.1, 0.15) is 24.7 Å². The Labute approximate surface area is 211 Å². The van der Waals surface area contributed by atoms with E-state index in [4.69, 9.17) is 0 Å². The average molecular weight is 523 g/mol. The van der Waals surface area contributed by atoms with Crippen molar-refractivity contribution in [2.24, 2.45) is 7.05 Å². The van der Waals surface area contributed by atoms with E-state index in [2.05, 4.69) is 10.0 Å². The minimum absolute atomic E-state index is 0.00421. The molecule has 1 saturated carbocycles. The summed E-state index contributed by atoms with van der Waals surface area (Å²) in [7, 11) is 0.558. The molecule has 0 radical (unpaired) electrons. The van der Waals surface area contributed by atoms with E-state index in [0.29, 0.717) is 18.3 Å². The monoisotopic (exact) mass is 523 g/mol. The number of pyridine rings is 1. The Balaban J connectivity index is 1.89. The first-order chi connectivity index (χ1) is 17.5. The Morgan fingerprint density at radius 3 is 2.41 bits per heavy atom. The van der Waals surface area contributed by atoms with Crippen molar-refractivity contribution >= 4 is 45.7 Å². The zero-order chi connectivity index (χ0) is 26.6. The lowest BCUT2D eigenvalue weighted by molar-refractivity contribution is 0.588. The van der Waals surface area contributed by atoms with Gasteiger partial charge in [-0.3, -0.25) is 18.7 Å². The van der Waals surface area contributed by atoms with Crippen molar-refractivity contribution in [1.29, 1.82) is 0 Å². The largest absolute Gasteiger partial charge is 0.352 e. The molecule has 13 heteroatoms. The summed E-state index contributed by atoms with van der Waals surface area (Å²) in [6.45, 7) is 0. The third kappa shape index (κ3) is 4.19. The van der Waals surface area contributed by atoms with Crippen LogP contribution in [-0.2, 0) is 17.1 Å². The summed E-state index contributed by atoms with van der Waals surface area (Å²) >= 11 is 0. The predicted octanol–water partition coefficient (Wildman–Crippen LogP) is 0.235.